The number of carbonyl (C=O) groups is 3. The van der Waals surface area contributed by atoms with Crippen LogP contribution in [0.5, 0.6) is 0 Å². The highest BCUT2D eigenvalue weighted by Crippen LogP contribution is 2.26. The molecule has 1 aromatic rings. The number of imide groups is 1. The van der Waals surface area contributed by atoms with Crippen LogP contribution in [0.25, 0.3) is 0 Å². The third-order valence-corrected chi connectivity index (χ3v) is 4.87. The van der Waals surface area contributed by atoms with Crippen molar-refractivity contribution in [1.82, 2.24) is 15.5 Å². The number of likely N-dealkylation sites (tertiary alicyclic amines) is 1. The summed E-state index contributed by atoms with van der Waals surface area (Å²) in [5, 5.41) is 4.87. The molecule has 0 radical (unpaired) electrons. The van der Waals surface area contributed by atoms with Gasteiger partial charge in [0.05, 0.1) is 6.54 Å². The van der Waals surface area contributed by atoms with E-state index in [-0.39, 0.29) is 18.4 Å². The van der Waals surface area contributed by atoms with Gasteiger partial charge in [0.15, 0.2) is 0 Å². The maximum Gasteiger partial charge on any atom is 0.322 e. The second kappa shape index (κ2) is 4.84. The van der Waals surface area contributed by atoms with Crippen molar-refractivity contribution >= 4 is 33.8 Å². The first-order valence-corrected chi connectivity index (χ1v) is 7.40. The number of halogens is 1. The average molecular weight is 352 g/mol. The number of nitrogens with one attached hydrogen (secondary N) is 2. The molecule has 2 N–H and O–H groups in total. The number of rotatable bonds is 1. The zero-order chi connectivity index (χ0) is 15.2. The second-order valence-corrected chi connectivity index (χ2v) is 6.29. The molecule has 1 aromatic carbocycles. The van der Waals surface area contributed by atoms with Crippen molar-refractivity contribution in [2.24, 2.45) is 0 Å². The molecule has 0 saturated carbocycles. The maximum atomic E-state index is 12.5. The molecule has 2 aliphatic heterocycles. The van der Waals surface area contributed by atoms with Crippen LogP contribution in [-0.2, 0) is 4.79 Å². The molecule has 2 aliphatic rings. The number of hydrogen-bond donors (Lipinski definition) is 2. The van der Waals surface area contributed by atoms with Gasteiger partial charge in [0.1, 0.15) is 5.54 Å². The van der Waals surface area contributed by atoms with Crippen LogP contribution in [0.15, 0.2) is 22.7 Å². The van der Waals surface area contributed by atoms with Crippen molar-refractivity contribution in [2.45, 2.75) is 18.9 Å². The zero-order valence-electron chi connectivity index (χ0n) is 11.4. The van der Waals surface area contributed by atoms with Gasteiger partial charge in [0.25, 0.3) is 11.8 Å². The molecular formula is C14H14BrN3O3. The molecule has 7 heteroatoms. The molecule has 6 nitrogen and oxygen atoms in total. The molecule has 0 aromatic heterocycles. The van der Waals surface area contributed by atoms with Crippen molar-refractivity contribution in [2.75, 3.05) is 13.1 Å². The van der Waals surface area contributed by atoms with E-state index in [0.29, 0.717) is 18.5 Å². The first-order chi connectivity index (χ1) is 9.91. The Kier molecular flexibility index (Phi) is 3.24. The van der Waals surface area contributed by atoms with Crippen LogP contribution < -0.4 is 10.6 Å². The number of amides is 4. The SMILES string of the molecule is Cc1cc(C(=O)N2CCC3(C2)NC(=O)NC3=O)ccc1Br. The van der Waals surface area contributed by atoms with E-state index in [1.54, 1.807) is 11.0 Å². The van der Waals surface area contributed by atoms with E-state index in [0.717, 1.165) is 10.0 Å². The highest BCUT2D eigenvalue weighted by molar-refractivity contribution is 9.10. The Labute approximate surface area is 130 Å². The van der Waals surface area contributed by atoms with Gasteiger partial charge in [-0.3, -0.25) is 14.9 Å². The summed E-state index contributed by atoms with van der Waals surface area (Å²) in [6.45, 7) is 2.57. The summed E-state index contributed by atoms with van der Waals surface area (Å²) in [4.78, 5) is 37.3. The second-order valence-electron chi connectivity index (χ2n) is 5.43. The Hall–Kier alpha value is -1.89. The molecule has 110 valence electrons. The monoisotopic (exact) mass is 351 g/mol. The lowest BCUT2D eigenvalue weighted by Crippen LogP contribution is -2.49. The van der Waals surface area contributed by atoms with E-state index in [2.05, 4.69) is 26.6 Å². The summed E-state index contributed by atoms with van der Waals surface area (Å²) < 4.78 is 0.944. The molecule has 1 spiro atoms. The standard InChI is InChI=1S/C14H14BrN3O3/c1-8-6-9(2-3-10(8)15)11(19)18-5-4-14(7-18)12(20)16-13(21)17-14/h2-3,6H,4-5,7H2,1H3,(H2,16,17,20,21). The van der Waals surface area contributed by atoms with Gasteiger partial charge < -0.3 is 10.2 Å². The largest absolute Gasteiger partial charge is 0.336 e. The van der Waals surface area contributed by atoms with Crippen LogP contribution >= 0.6 is 15.9 Å². The summed E-state index contributed by atoms with van der Waals surface area (Å²) in [6, 6.07) is 4.90. The Morgan fingerprint density at radius 1 is 1.38 bits per heavy atom. The van der Waals surface area contributed by atoms with Crippen molar-refractivity contribution in [3.05, 3.63) is 33.8 Å². The molecule has 2 heterocycles. The Balaban J connectivity index is 1.80. The summed E-state index contributed by atoms with van der Waals surface area (Å²) in [5.41, 5.74) is 0.594. The normalized spacial score (nSPS) is 24.4. The van der Waals surface area contributed by atoms with Gasteiger partial charge in [-0.1, -0.05) is 15.9 Å². The topological polar surface area (TPSA) is 78.5 Å². The van der Waals surface area contributed by atoms with E-state index in [9.17, 15) is 14.4 Å². The fourth-order valence-corrected chi connectivity index (χ4v) is 3.01. The molecular weight excluding hydrogens is 338 g/mol. The number of carbonyl (C=O) groups excluding carboxylic acids is 3. The molecule has 1 unspecified atom stereocenters. The van der Waals surface area contributed by atoms with Crippen LogP contribution in [-0.4, -0.2) is 41.4 Å². The lowest BCUT2D eigenvalue weighted by molar-refractivity contribution is -0.123. The van der Waals surface area contributed by atoms with Crippen molar-refractivity contribution < 1.29 is 14.4 Å². The first kappa shape index (κ1) is 14.1. The average Bonchev–Trinajstić information content (AvgIpc) is 2.97. The summed E-state index contributed by atoms with van der Waals surface area (Å²) >= 11 is 3.40. The van der Waals surface area contributed by atoms with Crippen LogP contribution in [0.3, 0.4) is 0 Å². The van der Waals surface area contributed by atoms with Gasteiger partial charge in [-0.2, -0.15) is 0 Å². The number of aryl methyl sites for hydroxylation is 1. The van der Waals surface area contributed by atoms with Gasteiger partial charge in [0, 0.05) is 16.6 Å². The van der Waals surface area contributed by atoms with Crippen molar-refractivity contribution in [3.63, 3.8) is 0 Å². The lowest BCUT2D eigenvalue weighted by atomic mass is 9.99. The fourth-order valence-electron chi connectivity index (χ4n) is 2.76. The number of hydrogen-bond acceptors (Lipinski definition) is 3. The molecule has 1 atom stereocenters. The van der Waals surface area contributed by atoms with Gasteiger partial charge in [-0.15, -0.1) is 0 Å². The van der Waals surface area contributed by atoms with Gasteiger partial charge in [0.2, 0.25) is 0 Å². The number of benzene rings is 1. The predicted octanol–water partition coefficient (Wildman–Crippen LogP) is 1.18. The van der Waals surface area contributed by atoms with Gasteiger partial charge in [-0.25, -0.2) is 4.79 Å². The Morgan fingerprint density at radius 2 is 2.14 bits per heavy atom. The van der Waals surface area contributed by atoms with Crippen LogP contribution in [0.2, 0.25) is 0 Å². The van der Waals surface area contributed by atoms with E-state index in [4.69, 9.17) is 0 Å². The molecule has 2 saturated heterocycles. The van der Waals surface area contributed by atoms with Crippen LogP contribution in [0.1, 0.15) is 22.3 Å². The van der Waals surface area contributed by atoms with E-state index < -0.39 is 11.6 Å². The minimum absolute atomic E-state index is 0.128. The minimum atomic E-state index is -0.961. The van der Waals surface area contributed by atoms with Crippen molar-refractivity contribution in [3.8, 4) is 0 Å². The Bertz CT molecular complexity index is 661. The number of urea groups is 1. The van der Waals surface area contributed by atoms with Gasteiger partial charge >= 0.3 is 6.03 Å². The van der Waals surface area contributed by atoms with Gasteiger partial charge in [-0.05, 0) is 37.1 Å². The molecule has 21 heavy (non-hydrogen) atoms. The molecule has 0 bridgehead atoms. The summed E-state index contributed by atoms with van der Waals surface area (Å²) in [6.07, 6.45) is 0.436. The van der Waals surface area contributed by atoms with Crippen molar-refractivity contribution in [1.29, 1.82) is 0 Å². The summed E-state index contributed by atoms with van der Waals surface area (Å²) in [7, 11) is 0. The van der Waals surface area contributed by atoms with E-state index in [1.165, 1.54) is 0 Å². The fraction of sp³-hybridized carbons (Fsp3) is 0.357. The minimum Gasteiger partial charge on any atom is -0.336 e. The van der Waals surface area contributed by atoms with Crippen LogP contribution in [0, 0.1) is 6.92 Å². The molecule has 4 amide bonds. The van der Waals surface area contributed by atoms with E-state index in [1.807, 2.05) is 19.1 Å². The van der Waals surface area contributed by atoms with Crippen LogP contribution in [0.4, 0.5) is 4.79 Å². The first-order valence-electron chi connectivity index (χ1n) is 6.60. The predicted molar refractivity (Wildman–Crippen MR) is 78.8 cm³/mol. The highest BCUT2D eigenvalue weighted by atomic mass is 79.9. The molecule has 3 rings (SSSR count). The molecule has 0 aliphatic carbocycles. The Morgan fingerprint density at radius 3 is 2.76 bits per heavy atom. The molecule has 2 fully saturated rings. The highest BCUT2D eigenvalue weighted by Gasteiger charge is 2.51. The maximum absolute atomic E-state index is 12.5. The third kappa shape index (κ3) is 2.31. The zero-order valence-corrected chi connectivity index (χ0v) is 13.0. The lowest BCUT2D eigenvalue weighted by Gasteiger charge is -2.21. The third-order valence-electron chi connectivity index (χ3n) is 3.98. The smallest absolute Gasteiger partial charge is 0.322 e. The summed E-state index contributed by atoms with van der Waals surface area (Å²) in [5.74, 6) is -0.480. The number of nitrogens with zero attached hydrogens (tertiary/aromatic N) is 1. The quantitative estimate of drug-likeness (QED) is 0.745. The van der Waals surface area contributed by atoms with E-state index >= 15 is 0 Å².